The van der Waals surface area contributed by atoms with Crippen LogP contribution >= 0.6 is 11.6 Å². The Morgan fingerprint density at radius 2 is 1.86 bits per heavy atom. The van der Waals surface area contributed by atoms with Gasteiger partial charge in [0.05, 0.1) is 24.3 Å². The first-order chi connectivity index (χ1) is 13.6. The maximum Gasteiger partial charge on any atom is 0.257 e. The van der Waals surface area contributed by atoms with Gasteiger partial charge in [0.2, 0.25) is 0 Å². The zero-order chi connectivity index (χ0) is 19.5. The van der Waals surface area contributed by atoms with Crippen LogP contribution in [0.15, 0.2) is 67.0 Å². The third-order valence-electron chi connectivity index (χ3n) is 5.20. The SMILES string of the molecule is CN1CCN(C(=O)c2cnn(Cc3ccccc3Cl)c2)[C@H](c2ccccc2)C1. The summed E-state index contributed by atoms with van der Waals surface area (Å²) in [6.07, 6.45) is 3.46. The number of carbonyl (C=O) groups is 1. The molecule has 5 nitrogen and oxygen atoms in total. The molecular weight excluding hydrogens is 372 g/mol. The monoisotopic (exact) mass is 394 g/mol. The van der Waals surface area contributed by atoms with E-state index in [0.717, 1.165) is 24.2 Å². The lowest BCUT2D eigenvalue weighted by Crippen LogP contribution is -2.49. The highest BCUT2D eigenvalue weighted by Crippen LogP contribution is 2.26. The van der Waals surface area contributed by atoms with Gasteiger partial charge in [-0.05, 0) is 24.2 Å². The second kappa shape index (κ2) is 8.17. The van der Waals surface area contributed by atoms with Gasteiger partial charge in [0.25, 0.3) is 5.91 Å². The summed E-state index contributed by atoms with van der Waals surface area (Å²) in [6, 6.07) is 17.9. The number of carbonyl (C=O) groups excluding carboxylic acids is 1. The molecule has 0 radical (unpaired) electrons. The van der Waals surface area contributed by atoms with Crippen LogP contribution in [0.25, 0.3) is 0 Å². The van der Waals surface area contributed by atoms with Crippen LogP contribution in [0.5, 0.6) is 0 Å². The maximum absolute atomic E-state index is 13.3. The van der Waals surface area contributed by atoms with E-state index in [-0.39, 0.29) is 11.9 Å². The van der Waals surface area contributed by atoms with E-state index in [0.29, 0.717) is 23.7 Å². The van der Waals surface area contributed by atoms with Crippen molar-refractivity contribution in [2.75, 3.05) is 26.7 Å². The van der Waals surface area contributed by atoms with Crippen LogP contribution < -0.4 is 0 Å². The first-order valence-corrected chi connectivity index (χ1v) is 9.80. The average molecular weight is 395 g/mol. The predicted octanol–water partition coefficient (Wildman–Crippen LogP) is 3.71. The quantitative estimate of drug-likeness (QED) is 0.677. The Kier molecular flexibility index (Phi) is 5.46. The molecule has 0 unspecified atom stereocenters. The van der Waals surface area contributed by atoms with Crippen molar-refractivity contribution in [2.24, 2.45) is 0 Å². The van der Waals surface area contributed by atoms with Crippen LogP contribution in [0.1, 0.15) is 27.5 Å². The number of halogens is 1. The molecule has 0 aliphatic carbocycles. The second-order valence-electron chi connectivity index (χ2n) is 7.21. The van der Waals surface area contributed by atoms with E-state index < -0.39 is 0 Å². The third-order valence-corrected chi connectivity index (χ3v) is 5.57. The largest absolute Gasteiger partial charge is 0.329 e. The van der Waals surface area contributed by atoms with Crippen molar-refractivity contribution in [3.63, 3.8) is 0 Å². The Balaban J connectivity index is 1.55. The third kappa shape index (κ3) is 3.96. The zero-order valence-corrected chi connectivity index (χ0v) is 16.6. The number of hydrogen-bond donors (Lipinski definition) is 0. The average Bonchev–Trinajstić information content (AvgIpc) is 3.18. The number of benzene rings is 2. The van der Waals surface area contributed by atoms with E-state index in [1.165, 1.54) is 0 Å². The zero-order valence-electron chi connectivity index (χ0n) is 15.8. The molecule has 0 N–H and O–H groups in total. The van der Waals surface area contributed by atoms with Crippen LogP contribution in [0, 0.1) is 0 Å². The van der Waals surface area contributed by atoms with Gasteiger partial charge in [0, 0.05) is 30.9 Å². The Morgan fingerprint density at radius 3 is 2.64 bits per heavy atom. The van der Waals surface area contributed by atoms with Gasteiger partial charge in [-0.3, -0.25) is 9.48 Å². The lowest BCUT2D eigenvalue weighted by atomic mass is 10.0. The maximum atomic E-state index is 13.3. The smallest absolute Gasteiger partial charge is 0.257 e. The van der Waals surface area contributed by atoms with Crippen molar-refractivity contribution < 1.29 is 4.79 Å². The Hall–Kier alpha value is -2.63. The number of aromatic nitrogens is 2. The first kappa shape index (κ1) is 18.7. The molecular formula is C22H23ClN4O. The number of nitrogens with zero attached hydrogens (tertiary/aromatic N) is 4. The highest BCUT2D eigenvalue weighted by atomic mass is 35.5. The van der Waals surface area contributed by atoms with Crippen LogP contribution in [-0.4, -0.2) is 52.2 Å². The molecule has 0 bridgehead atoms. The van der Waals surface area contributed by atoms with Crippen LogP contribution in [0.2, 0.25) is 5.02 Å². The van der Waals surface area contributed by atoms with E-state index in [1.54, 1.807) is 10.9 Å². The number of likely N-dealkylation sites (N-methyl/N-ethyl adjacent to an activating group) is 1. The van der Waals surface area contributed by atoms with Crippen LogP contribution in [0.4, 0.5) is 0 Å². The molecule has 4 rings (SSSR count). The molecule has 1 aliphatic rings. The minimum absolute atomic E-state index is 0.0207. The fourth-order valence-corrected chi connectivity index (χ4v) is 3.85. The topological polar surface area (TPSA) is 41.4 Å². The summed E-state index contributed by atoms with van der Waals surface area (Å²) in [5, 5.41) is 5.08. The summed E-state index contributed by atoms with van der Waals surface area (Å²) in [5.41, 5.74) is 2.75. The van der Waals surface area contributed by atoms with E-state index in [1.807, 2.05) is 53.6 Å². The normalized spacial score (nSPS) is 17.6. The predicted molar refractivity (Wildman–Crippen MR) is 110 cm³/mol. The molecule has 1 aromatic heterocycles. The molecule has 144 valence electrons. The highest BCUT2D eigenvalue weighted by Gasteiger charge is 2.31. The van der Waals surface area contributed by atoms with Gasteiger partial charge in [-0.25, -0.2) is 0 Å². The highest BCUT2D eigenvalue weighted by molar-refractivity contribution is 6.31. The van der Waals surface area contributed by atoms with E-state index >= 15 is 0 Å². The molecule has 0 saturated carbocycles. The molecule has 1 fully saturated rings. The Morgan fingerprint density at radius 1 is 1.11 bits per heavy atom. The summed E-state index contributed by atoms with van der Waals surface area (Å²) in [6.45, 7) is 2.93. The number of rotatable bonds is 4. The molecule has 6 heteroatoms. The Bertz CT molecular complexity index is 956. The van der Waals surface area contributed by atoms with Gasteiger partial charge in [-0.1, -0.05) is 60.1 Å². The summed E-state index contributed by atoms with van der Waals surface area (Å²) in [7, 11) is 2.10. The van der Waals surface area contributed by atoms with Crippen LogP contribution in [-0.2, 0) is 6.54 Å². The summed E-state index contributed by atoms with van der Waals surface area (Å²) in [4.78, 5) is 17.5. The molecule has 3 aromatic rings. The van der Waals surface area contributed by atoms with Crippen molar-refractivity contribution in [3.05, 3.63) is 88.7 Å². The van der Waals surface area contributed by atoms with Gasteiger partial charge in [0.15, 0.2) is 0 Å². The molecule has 2 heterocycles. The van der Waals surface area contributed by atoms with E-state index in [9.17, 15) is 4.79 Å². The van der Waals surface area contributed by atoms with Crippen molar-refractivity contribution in [1.29, 1.82) is 0 Å². The van der Waals surface area contributed by atoms with Crippen LogP contribution in [0.3, 0.4) is 0 Å². The van der Waals surface area contributed by atoms with E-state index in [2.05, 4.69) is 29.2 Å². The summed E-state index contributed by atoms with van der Waals surface area (Å²) >= 11 is 6.24. The minimum atomic E-state index is 0.0207. The van der Waals surface area contributed by atoms with Crippen molar-refractivity contribution in [2.45, 2.75) is 12.6 Å². The van der Waals surface area contributed by atoms with Gasteiger partial charge < -0.3 is 9.80 Å². The van der Waals surface area contributed by atoms with Gasteiger partial charge in [-0.15, -0.1) is 0 Å². The van der Waals surface area contributed by atoms with Gasteiger partial charge in [-0.2, -0.15) is 5.10 Å². The molecule has 1 amide bonds. The van der Waals surface area contributed by atoms with Gasteiger partial charge >= 0.3 is 0 Å². The molecule has 1 aliphatic heterocycles. The number of hydrogen-bond acceptors (Lipinski definition) is 3. The van der Waals surface area contributed by atoms with E-state index in [4.69, 9.17) is 11.6 Å². The molecule has 2 aromatic carbocycles. The summed E-state index contributed by atoms with van der Waals surface area (Å²) < 4.78 is 1.77. The van der Waals surface area contributed by atoms with Crippen molar-refractivity contribution in [3.8, 4) is 0 Å². The fraction of sp³-hybridized carbons (Fsp3) is 0.273. The molecule has 1 atom stereocenters. The second-order valence-corrected chi connectivity index (χ2v) is 7.61. The number of amides is 1. The van der Waals surface area contributed by atoms with Gasteiger partial charge in [0.1, 0.15) is 0 Å². The lowest BCUT2D eigenvalue weighted by molar-refractivity contribution is 0.0498. The lowest BCUT2D eigenvalue weighted by Gasteiger charge is -2.40. The molecule has 1 saturated heterocycles. The number of piperazine rings is 1. The molecule has 28 heavy (non-hydrogen) atoms. The Labute approximate surface area is 170 Å². The summed E-state index contributed by atoms with van der Waals surface area (Å²) in [5.74, 6) is 0.0207. The first-order valence-electron chi connectivity index (χ1n) is 9.42. The standard InChI is InChI=1S/C22H23ClN4O/c1-25-11-12-27(21(16-25)17-7-3-2-4-8-17)22(28)19-13-24-26(15-19)14-18-9-5-6-10-20(18)23/h2-10,13,15,21H,11-12,14,16H2,1H3/t21-/m0/s1. The minimum Gasteiger partial charge on any atom is -0.329 e. The fourth-order valence-electron chi connectivity index (χ4n) is 3.65. The molecule has 0 spiro atoms. The van der Waals surface area contributed by atoms with Crippen molar-refractivity contribution >= 4 is 17.5 Å². The van der Waals surface area contributed by atoms with Crippen molar-refractivity contribution in [1.82, 2.24) is 19.6 Å².